The Kier molecular flexibility index (Phi) is 6.69. The van der Waals surface area contributed by atoms with Gasteiger partial charge in [0.1, 0.15) is 22.9 Å². The fourth-order valence-corrected chi connectivity index (χ4v) is 3.51. The lowest BCUT2D eigenvalue weighted by Gasteiger charge is -2.14. The average molecular weight is 501 g/mol. The van der Waals surface area contributed by atoms with Crippen molar-refractivity contribution in [1.29, 1.82) is 0 Å². The average Bonchev–Trinajstić information content (AvgIpc) is 2.79. The van der Waals surface area contributed by atoms with Gasteiger partial charge in [-0.25, -0.2) is 4.39 Å². The van der Waals surface area contributed by atoms with Gasteiger partial charge in [-0.1, -0.05) is 6.07 Å². The summed E-state index contributed by atoms with van der Waals surface area (Å²) in [4.78, 5) is 25.0. The third-order valence-electron chi connectivity index (χ3n) is 4.99. The van der Waals surface area contributed by atoms with E-state index >= 15 is 0 Å². The molecule has 1 aromatic heterocycles. The second-order valence-electron chi connectivity index (χ2n) is 8.01. The fraction of sp³-hybridized carbons (Fsp3) is 0.154. The van der Waals surface area contributed by atoms with Crippen LogP contribution in [0.25, 0.3) is 11.0 Å². The van der Waals surface area contributed by atoms with Crippen molar-refractivity contribution in [2.24, 2.45) is 0 Å². The number of amides is 1. The SMILES string of the molecule is Cc1cc(C)cc(Oc2c(C(F)(F)F)oc3cc(OCC(=O)Nc4ccc(F)cc4)ccc3c2=O)c1. The van der Waals surface area contributed by atoms with E-state index in [1.807, 2.05) is 6.07 Å². The first-order valence-corrected chi connectivity index (χ1v) is 10.6. The molecule has 0 radical (unpaired) electrons. The van der Waals surface area contributed by atoms with Crippen molar-refractivity contribution < 1.29 is 36.2 Å². The topological polar surface area (TPSA) is 77.8 Å². The maximum Gasteiger partial charge on any atom is 0.453 e. The van der Waals surface area contributed by atoms with Crippen molar-refractivity contribution in [3.63, 3.8) is 0 Å². The standard InChI is InChI=1S/C26H19F4NO5/c1-14-9-15(2)11-19(10-14)35-24-23(33)20-8-7-18(12-21(20)36-25(24)26(28,29)30)34-13-22(32)31-17-5-3-16(27)4-6-17/h3-12H,13H2,1-2H3,(H,31,32). The second kappa shape index (κ2) is 9.73. The van der Waals surface area contributed by atoms with Gasteiger partial charge in [-0.15, -0.1) is 0 Å². The van der Waals surface area contributed by atoms with Gasteiger partial charge in [-0.2, -0.15) is 13.2 Å². The van der Waals surface area contributed by atoms with E-state index in [2.05, 4.69) is 5.32 Å². The van der Waals surface area contributed by atoms with E-state index in [1.54, 1.807) is 13.8 Å². The molecule has 0 saturated carbocycles. The number of carbonyl (C=O) groups excluding carboxylic acids is 1. The molecule has 0 aliphatic rings. The number of halogens is 4. The van der Waals surface area contributed by atoms with E-state index in [4.69, 9.17) is 13.9 Å². The van der Waals surface area contributed by atoms with E-state index in [0.717, 1.165) is 29.3 Å². The van der Waals surface area contributed by atoms with Crippen molar-refractivity contribution >= 4 is 22.6 Å². The minimum Gasteiger partial charge on any atom is -0.484 e. The Bertz CT molecular complexity index is 1470. The van der Waals surface area contributed by atoms with Crippen LogP contribution in [-0.2, 0) is 11.0 Å². The second-order valence-corrected chi connectivity index (χ2v) is 8.01. The molecule has 0 fully saturated rings. The zero-order chi connectivity index (χ0) is 26.0. The van der Waals surface area contributed by atoms with Crippen molar-refractivity contribution in [2.45, 2.75) is 20.0 Å². The minimum absolute atomic E-state index is 0.00370. The van der Waals surface area contributed by atoms with Gasteiger partial charge in [0.2, 0.25) is 11.2 Å². The third kappa shape index (κ3) is 5.65. The number of ether oxygens (including phenoxy) is 2. The number of benzene rings is 3. The Balaban J connectivity index is 1.61. The quantitative estimate of drug-likeness (QED) is 0.311. The molecule has 0 atom stereocenters. The lowest BCUT2D eigenvalue weighted by atomic mass is 10.1. The molecule has 6 nitrogen and oxygen atoms in total. The highest BCUT2D eigenvalue weighted by Gasteiger charge is 2.40. The first kappa shape index (κ1) is 24.8. The van der Waals surface area contributed by atoms with Gasteiger partial charge in [0.15, 0.2) is 6.61 Å². The molecule has 0 aliphatic carbocycles. The largest absolute Gasteiger partial charge is 0.484 e. The van der Waals surface area contributed by atoms with Crippen LogP contribution in [0.1, 0.15) is 16.9 Å². The molecule has 1 N–H and O–H groups in total. The number of hydrogen-bond donors (Lipinski definition) is 1. The number of hydrogen-bond acceptors (Lipinski definition) is 5. The van der Waals surface area contributed by atoms with E-state index < -0.39 is 47.0 Å². The Morgan fingerprint density at radius 3 is 2.25 bits per heavy atom. The Morgan fingerprint density at radius 2 is 1.61 bits per heavy atom. The molecule has 0 bridgehead atoms. The summed E-state index contributed by atoms with van der Waals surface area (Å²) >= 11 is 0. The number of anilines is 1. The number of fused-ring (bicyclic) bond motifs is 1. The number of aryl methyl sites for hydroxylation is 2. The maximum absolute atomic E-state index is 13.8. The summed E-state index contributed by atoms with van der Waals surface area (Å²) in [5.41, 5.74) is 0.420. The van der Waals surface area contributed by atoms with Crippen LogP contribution in [0.5, 0.6) is 17.2 Å². The van der Waals surface area contributed by atoms with Crippen LogP contribution in [0.4, 0.5) is 23.2 Å². The molecular weight excluding hydrogens is 482 g/mol. The first-order valence-electron chi connectivity index (χ1n) is 10.6. The van der Waals surface area contributed by atoms with Crippen LogP contribution in [0.3, 0.4) is 0 Å². The van der Waals surface area contributed by atoms with E-state index in [1.165, 1.54) is 36.4 Å². The predicted molar refractivity (Wildman–Crippen MR) is 124 cm³/mol. The Labute approximate surface area is 202 Å². The summed E-state index contributed by atoms with van der Waals surface area (Å²) in [5.74, 6) is -3.57. The van der Waals surface area contributed by atoms with Crippen LogP contribution < -0.4 is 20.2 Å². The monoisotopic (exact) mass is 501 g/mol. The summed E-state index contributed by atoms with van der Waals surface area (Å²) in [7, 11) is 0. The zero-order valence-corrected chi connectivity index (χ0v) is 19.0. The highest BCUT2D eigenvalue weighted by molar-refractivity contribution is 5.92. The van der Waals surface area contributed by atoms with Crippen LogP contribution in [0.2, 0.25) is 0 Å². The number of nitrogens with one attached hydrogen (secondary N) is 1. The Morgan fingerprint density at radius 1 is 0.944 bits per heavy atom. The summed E-state index contributed by atoms with van der Waals surface area (Å²) in [6.45, 7) is 3.00. The molecule has 10 heteroatoms. The van der Waals surface area contributed by atoms with E-state index in [-0.39, 0.29) is 16.9 Å². The van der Waals surface area contributed by atoms with E-state index in [9.17, 15) is 27.2 Å². The van der Waals surface area contributed by atoms with Crippen molar-refractivity contribution in [3.8, 4) is 17.2 Å². The smallest absolute Gasteiger partial charge is 0.453 e. The third-order valence-corrected chi connectivity index (χ3v) is 4.99. The van der Waals surface area contributed by atoms with Gasteiger partial charge >= 0.3 is 6.18 Å². The highest BCUT2D eigenvalue weighted by Crippen LogP contribution is 2.39. The van der Waals surface area contributed by atoms with Gasteiger partial charge in [-0.3, -0.25) is 9.59 Å². The van der Waals surface area contributed by atoms with Gasteiger partial charge < -0.3 is 19.2 Å². The molecule has 0 unspecified atom stereocenters. The molecule has 1 heterocycles. The summed E-state index contributed by atoms with van der Waals surface area (Å²) in [6, 6.07) is 13.5. The molecule has 1 amide bonds. The van der Waals surface area contributed by atoms with Gasteiger partial charge in [0.05, 0.1) is 5.39 Å². The minimum atomic E-state index is -5.02. The lowest BCUT2D eigenvalue weighted by Crippen LogP contribution is -2.20. The summed E-state index contributed by atoms with van der Waals surface area (Å²) < 4.78 is 70.1. The van der Waals surface area contributed by atoms with Gasteiger partial charge in [0, 0.05) is 11.8 Å². The molecule has 0 spiro atoms. The van der Waals surface area contributed by atoms with Crippen LogP contribution in [0.15, 0.2) is 69.9 Å². The Hall–Kier alpha value is -4.34. The molecule has 36 heavy (non-hydrogen) atoms. The number of rotatable bonds is 6. The van der Waals surface area contributed by atoms with Crippen molar-refractivity contribution in [2.75, 3.05) is 11.9 Å². The molecule has 3 aromatic carbocycles. The van der Waals surface area contributed by atoms with Gasteiger partial charge in [-0.05, 0) is 73.5 Å². The highest BCUT2D eigenvalue weighted by atomic mass is 19.4. The van der Waals surface area contributed by atoms with Gasteiger partial charge in [0.25, 0.3) is 11.7 Å². The van der Waals surface area contributed by atoms with E-state index in [0.29, 0.717) is 5.69 Å². The van der Waals surface area contributed by atoms with Crippen molar-refractivity contribution in [3.05, 3.63) is 93.6 Å². The zero-order valence-electron chi connectivity index (χ0n) is 19.0. The maximum atomic E-state index is 13.8. The summed E-state index contributed by atoms with van der Waals surface area (Å²) in [5, 5.41) is 2.32. The molecular formula is C26H19F4NO5. The molecule has 186 valence electrons. The predicted octanol–water partition coefficient (Wildman–Crippen LogP) is 6.38. The van der Waals surface area contributed by atoms with Crippen LogP contribution in [-0.4, -0.2) is 12.5 Å². The molecule has 0 saturated heterocycles. The fourth-order valence-electron chi connectivity index (χ4n) is 3.51. The molecule has 4 rings (SSSR count). The first-order chi connectivity index (χ1) is 17.0. The number of alkyl halides is 3. The number of carbonyl (C=O) groups is 1. The van der Waals surface area contributed by atoms with Crippen LogP contribution in [0, 0.1) is 19.7 Å². The normalized spacial score (nSPS) is 11.4. The van der Waals surface area contributed by atoms with Crippen molar-refractivity contribution in [1.82, 2.24) is 0 Å². The van der Waals surface area contributed by atoms with Crippen LogP contribution >= 0.6 is 0 Å². The lowest BCUT2D eigenvalue weighted by molar-refractivity contribution is -0.154. The molecule has 4 aromatic rings. The summed E-state index contributed by atoms with van der Waals surface area (Å²) in [6.07, 6.45) is -5.02. The molecule has 0 aliphatic heterocycles.